The van der Waals surface area contributed by atoms with Gasteiger partial charge < -0.3 is 15.0 Å². The molecule has 2 aromatic rings. The molecule has 7 heteroatoms. The number of rotatable bonds is 6. The highest BCUT2D eigenvalue weighted by atomic mass is 19.1. The van der Waals surface area contributed by atoms with Crippen LogP contribution in [-0.2, 0) is 4.74 Å². The predicted molar refractivity (Wildman–Crippen MR) is 104 cm³/mol. The maximum absolute atomic E-state index is 13.3. The summed E-state index contributed by atoms with van der Waals surface area (Å²) in [5.41, 5.74) is 3.26. The Kier molecular flexibility index (Phi) is 6.26. The molecule has 1 aromatic carbocycles. The molecule has 1 unspecified atom stereocenters. The molecule has 2 N–H and O–H groups in total. The number of Topliss-reactive ketones (excluding diaryl/α,β-unsaturated/α-hetero) is 1. The Balaban J connectivity index is 1.78. The van der Waals surface area contributed by atoms with E-state index in [1.807, 2.05) is 0 Å². The zero-order valence-electron chi connectivity index (χ0n) is 16.5. The van der Waals surface area contributed by atoms with Gasteiger partial charge in [0, 0.05) is 30.9 Å². The maximum Gasteiger partial charge on any atom is 0.268 e. The zero-order chi connectivity index (χ0) is 20.3. The number of hydrogen-bond donors (Lipinski definition) is 2. The van der Waals surface area contributed by atoms with Gasteiger partial charge in [-0.2, -0.15) is 0 Å². The fraction of sp³-hybridized carbons (Fsp3) is 0.429. The van der Waals surface area contributed by atoms with E-state index in [9.17, 15) is 14.0 Å². The van der Waals surface area contributed by atoms with Crippen molar-refractivity contribution in [1.29, 1.82) is 0 Å². The van der Waals surface area contributed by atoms with Crippen LogP contribution < -0.4 is 5.32 Å². The number of aryl methyl sites for hydroxylation is 1. The minimum Gasteiger partial charge on any atom is -0.379 e. The second kappa shape index (κ2) is 8.67. The summed E-state index contributed by atoms with van der Waals surface area (Å²) in [5, 5.41) is 2.97. The number of hydrogen-bond acceptors (Lipinski definition) is 4. The van der Waals surface area contributed by atoms with Crippen molar-refractivity contribution in [1.82, 2.24) is 15.2 Å². The molecule has 0 saturated carbocycles. The Morgan fingerprint density at radius 2 is 1.86 bits per heavy atom. The van der Waals surface area contributed by atoms with Crippen LogP contribution in [0.15, 0.2) is 24.3 Å². The van der Waals surface area contributed by atoms with Crippen molar-refractivity contribution in [2.75, 3.05) is 32.8 Å². The fourth-order valence-electron chi connectivity index (χ4n) is 3.81. The number of nitrogens with zero attached hydrogens (tertiary/aromatic N) is 1. The lowest BCUT2D eigenvalue weighted by Crippen LogP contribution is -2.44. The second-order valence-electron chi connectivity index (χ2n) is 7.11. The van der Waals surface area contributed by atoms with E-state index in [0.717, 1.165) is 18.7 Å². The van der Waals surface area contributed by atoms with Crippen molar-refractivity contribution in [2.45, 2.75) is 26.8 Å². The largest absolute Gasteiger partial charge is 0.379 e. The first-order valence-electron chi connectivity index (χ1n) is 9.44. The van der Waals surface area contributed by atoms with E-state index >= 15 is 0 Å². The van der Waals surface area contributed by atoms with Gasteiger partial charge in [-0.1, -0.05) is 12.1 Å². The van der Waals surface area contributed by atoms with E-state index in [2.05, 4.69) is 15.2 Å². The Hall–Kier alpha value is -2.51. The summed E-state index contributed by atoms with van der Waals surface area (Å²) in [6, 6.07) is 6.28. The topological polar surface area (TPSA) is 74.4 Å². The first-order chi connectivity index (χ1) is 13.4. The molecule has 3 rings (SSSR count). The summed E-state index contributed by atoms with van der Waals surface area (Å²) < 4.78 is 18.8. The highest BCUT2D eigenvalue weighted by Crippen LogP contribution is 2.23. The Labute approximate surface area is 164 Å². The highest BCUT2D eigenvalue weighted by molar-refractivity contribution is 6.02. The third kappa shape index (κ3) is 4.31. The number of H-pyrrole nitrogens is 1. The number of ketones is 1. The molecule has 0 aliphatic carbocycles. The van der Waals surface area contributed by atoms with Crippen LogP contribution in [-0.4, -0.2) is 54.4 Å². The number of morpholine rings is 1. The van der Waals surface area contributed by atoms with E-state index in [0.29, 0.717) is 42.3 Å². The molecule has 150 valence electrons. The Morgan fingerprint density at radius 1 is 1.21 bits per heavy atom. The van der Waals surface area contributed by atoms with Crippen LogP contribution >= 0.6 is 0 Å². The number of amides is 1. The van der Waals surface area contributed by atoms with Crippen LogP contribution in [0.5, 0.6) is 0 Å². The van der Waals surface area contributed by atoms with E-state index in [-0.39, 0.29) is 23.5 Å². The highest BCUT2D eigenvalue weighted by Gasteiger charge is 2.25. The van der Waals surface area contributed by atoms with Crippen molar-refractivity contribution < 1.29 is 18.7 Å². The van der Waals surface area contributed by atoms with E-state index in [1.54, 1.807) is 26.0 Å². The quantitative estimate of drug-likeness (QED) is 0.748. The smallest absolute Gasteiger partial charge is 0.268 e. The zero-order valence-corrected chi connectivity index (χ0v) is 16.5. The molecule has 0 spiro atoms. The van der Waals surface area contributed by atoms with Crippen LogP contribution in [0.4, 0.5) is 4.39 Å². The fourth-order valence-corrected chi connectivity index (χ4v) is 3.81. The molecule has 0 bridgehead atoms. The van der Waals surface area contributed by atoms with E-state index in [4.69, 9.17) is 4.74 Å². The average Bonchev–Trinajstić information content (AvgIpc) is 2.98. The van der Waals surface area contributed by atoms with Gasteiger partial charge in [-0.25, -0.2) is 4.39 Å². The first kappa shape index (κ1) is 20.2. The van der Waals surface area contributed by atoms with Crippen molar-refractivity contribution in [3.63, 3.8) is 0 Å². The molecule has 2 heterocycles. The SMILES string of the molecule is CC(=O)c1c(C)[nH]c(C(=O)NCC(c2ccc(F)cc2)N2CCOCC2)c1C. The summed E-state index contributed by atoms with van der Waals surface area (Å²) in [4.78, 5) is 29.8. The van der Waals surface area contributed by atoms with Gasteiger partial charge in [-0.3, -0.25) is 14.5 Å². The third-order valence-corrected chi connectivity index (χ3v) is 5.21. The Bertz CT molecular complexity index is 855. The molecule has 6 nitrogen and oxygen atoms in total. The lowest BCUT2D eigenvalue weighted by atomic mass is 10.0. The predicted octanol–water partition coefficient (Wildman–Crippen LogP) is 2.78. The number of aromatic nitrogens is 1. The molecule has 1 saturated heterocycles. The normalized spacial score (nSPS) is 16.0. The number of ether oxygens (including phenoxy) is 1. The molecule has 1 aliphatic rings. The summed E-state index contributed by atoms with van der Waals surface area (Å²) in [6.07, 6.45) is 0. The molecule has 0 radical (unpaired) electrons. The third-order valence-electron chi connectivity index (χ3n) is 5.21. The summed E-state index contributed by atoms with van der Waals surface area (Å²) in [7, 11) is 0. The summed E-state index contributed by atoms with van der Waals surface area (Å²) in [6.45, 7) is 8.17. The van der Waals surface area contributed by atoms with Gasteiger partial charge >= 0.3 is 0 Å². The summed E-state index contributed by atoms with van der Waals surface area (Å²) >= 11 is 0. The average molecular weight is 387 g/mol. The monoisotopic (exact) mass is 387 g/mol. The molecular formula is C21H26FN3O3. The van der Waals surface area contributed by atoms with Crippen molar-refractivity contribution in [2.24, 2.45) is 0 Å². The minimum absolute atomic E-state index is 0.0668. The van der Waals surface area contributed by atoms with Gasteiger partial charge in [0.05, 0.1) is 19.3 Å². The summed E-state index contributed by atoms with van der Waals surface area (Å²) in [5.74, 6) is -0.612. The van der Waals surface area contributed by atoms with E-state index in [1.165, 1.54) is 19.1 Å². The molecule has 1 amide bonds. The van der Waals surface area contributed by atoms with Gasteiger partial charge in [0.15, 0.2) is 5.78 Å². The van der Waals surface area contributed by atoms with Crippen molar-refractivity contribution in [3.05, 3.63) is 58.2 Å². The van der Waals surface area contributed by atoms with Crippen LogP contribution in [0.2, 0.25) is 0 Å². The van der Waals surface area contributed by atoms with Crippen molar-refractivity contribution in [3.8, 4) is 0 Å². The van der Waals surface area contributed by atoms with Crippen LogP contribution in [0.1, 0.15) is 50.6 Å². The van der Waals surface area contributed by atoms with Gasteiger partial charge in [-0.15, -0.1) is 0 Å². The molecule has 28 heavy (non-hydrogen) atoms. The van der Waals surface area contributed by atoms with E-state index < -0.39 is 0 Å². The number of carbonyl (C=O) groups excluding carboxylic acids is 2. The first-order valence-corrected chi connectivity index (χ1v) is 9.44. The van der Waals surface area contributed by atoms with Gasteiger partial charge in [0.1, 0.15) is 11.5 Å². The van der Waals surface area contributed by atoms with Gasteiger partial charge in [0.25, 0.3) is 5.91 Å². The number of halogens is 1. The molecule has 1 fully saturated rings. The van der Waals surface area contributed by atoms with Crippen molar-refractivity contribution >= 4 is 11.7 Å². The second-order valence-corrected chi connectivity index (χ2v) is 7.11. The van der Waals surface area contributed by atoms with Crippen LogP contribution in [0.3, 0.4) is 0 Å². The number of nitrogens with one attached hydrogen (secondary N) is 2. The lowest BCUT2D eigenvalue weighted by molar-refractivity contribution is 0.0162. The van der Waals surface area contributed by atoms with Crippen LogP contribution in [0.25, 0.3) is 0 Å². The number of carbonyl (C=O) groups is 2. The molecule has 1 atom stereocenters. The van der Waals surface area contributed by atoms with Gasteiger partial charge in [-0.05, 0) is 44.0 Å². The molecular weight excluding hydrogens is 361 g/mol. The maximum atomic E-state index is 13.3. The minimum atomic E-state index is -0.289. The Morgan fingerprint density at radius 3 is 2.43 bits per heavy atom. The standard InChI is InChI=1S/C21H26FN3O3/c1-13-19(15(3)26)14(2)24-20(13)21(27)23-12-18(25-8-10-28-11-9-25)16-4-6-17(22)7-5-16/h4-7,18,24H,8-12H2,1-3H3,(H,23,27). The molecule has 1 aliphatic heterocycles. The number of aromatic amines is 1. The van der Waals surface area contributed by atoms with Crippen LogP contribution in [0, 0.1) is 19.7 Å². The molecule has 1 aromatic heterocycles. The lowest BCUT2D eigenvalue weighted by Gasteiger charge is -2.35. The number of benzene rings is 1. The van der Waals surface area contributed by atoms with Gasteiger partial charge in [0.2, 0.25) is 0 Å².